The Balaban J connectivity index is 1.81. The zero-order chi connectivity index (χ0) is 19.4. The number of carboxylic acid groups (broad SMARTS) is 1. The molecule has 0 spiro atoms. The molecule has 0 aliphatic heterocycles. The lowest BCUT2D eigenvalue weighted by Crippen LogP contribution is -2.32. The fourth-order valence-electron chi connectivity index (χ4n) is 3.39. The van der Waals surface area contributed by atoms with E-state index in [4.69, 9.17) is 0 Å². The number of nitrogens with zero attached hydrogens (tertiary/aromatic N) is 3. The molecule has 1 heterocycles. The maximum atomic E-state index is 11.2. The number of aromatic carboxylic acids is 1. The molecular formula is C20H23N5O2. The Bertz CT molecular complexity index is 890. The molecule has 0 radical (unpaired) electrons. The summed E-state index contributed by atoms with van der Waals surface area (Å²) in [6, 6.07) is 7.49. The summed E-state index contributed by atoms with van der Waals surface area (Å²) in [6.07, 6.45) is 5.77. The second-order valence-electron chi connectivity index (χ2n) is 7.01. The summed E-state index contributed by atoms with van der Waals surface area (Å²) in [5, 5.41) is 25.1. The van der Waals surface area contributed by atoms with Gasteiger partial charge in [-0.05, 0) is 50.5 Å². The van der Waals surface area contributed by atoms with Crippen molar-refractivity contribution < 1.29 is 9.90 Å². The van der Waals surface area contributed by atoms with Crippen molar-refractivity contribution in [3.8, 4) is 6.07 Å². The predicted molar refractivity (Wildman–Crippen MR) is 103 cm³/mol. The van der Waals surface area contributed by atoms with E-state index in [1.165, 1.54) is 0 Å². The maximum absolute atomic E-state index is 11.2. The largest absolute Gasteiger partial charge is 0.478 e. The molecule has 3 N–H and O–H groups in total. The first-order chi connectivity index (χ1) is 13.0. The topological polar surface area (TPSA) is 111 Å². The minimum absolute atomic E-state index is 0.0144. The number of hydrogen-bond acceptors (Lipinski definition) is 6. The molecule has 1 saturated carbocycles. The highest BCUT2D eigenvalue weighted by Crippen LogP contribution is 2.28. The van der Waals surface area contributed by atoms with Gasteiger partial charge in [-0.2, -0.15) is 10.2 Å². The van der Waals surface area contributed by atoms with Crippen LogP contribution in [0.15, 0.2) is 24.4 Å². The van der Waals surface area contributed by atoms with Gasteiger partial charge in [0, 0.05) is 23.5 Å². The molecule has 1 aromatic carbocycles. The lowest BCUT2D eigenvalue weighted by Gasteiger charge is -2.28. The summed E-state index contributed by atoms with van der Waals surface area (Å²) in [7, 11) is 0. The summed E-state index contributed by atoms with van der Waals surface area (Å²) < 4.78 is 0. The van der Waals surface area contributed by atoms with Crippen LogP contribution in [0.4, 0.5) is 17.5 Å². The van der Waals surface area contributed by atoms with Gasteiger partial charge in [-0.3, -0.25) is 0 Å². The van der Waals surface area contributed by atoms with Gasteiger partial charge >= 0.3 is 5.97 Å². The molecule has 3 rings (SSSR count). The molecule has 7 heteroatoms. The predicted octanol–water partition coefficient (Wildman–Crippen LogP) is 4.03. The van der Waals surface area contributed by atoms with Crippen LogP contribution in [0, 0.1) is 31.1 Å². The summed E-state index contributed by atoms with van der Waals surface area (Å²) in [5.74, 6) is 0.0910. The minimum Gasteiger partial charge on any atom is -0.478 e. The van der Waals surface area contributed by atoms with Crippen LogP contribution in [0.5, 0.6) is 0 Å². The normalized spacial score (nSPS) is 19.1. The third-order valence-corrected chi connectivity index (χ3v) is 4.81. The van der Waals surface area contributed by atoms with Crippen LogP contribution in [0.2, 0.25) is 0 Å². The highest BCUT2D eigenvalue weighted by Gasteiger charge is 2.25. The number of nitriles is 1. The van der Waals surface area contributed by atoms with Crippen molar-refractivity contribution in [3.05, 3.63) is 41.1 Å². The molecule has 2 atom stereocenters. The van der Waals surface area contributed by atoms with Crippen molar-refractivity contribution in [2.75, 3.05) is 10.6 Å². The van der Waals surface area contributed by atoms with Crippen LogP contribution in [0.25, 0.3) is 0 Å². The second kappa shape index (κ2) is 8.04. The van der Waals surface area contributed by atoms with Crippen molar-refractivity contribution >= 4 is 23.4 Å². The highest BCUT2D eigenvalue weighted by atomic mass is 16.4. The number of carbonyl (C=O) groups is 1. The van der Waals surface area contributed by atoms with E-state index in [0.29, 0.717) is 17.5 Å². The molecule has 7 nitrogen and oxygen atoms in total. The SMILES string of the molecule is Cc1cc(Nc2ncc(C)c(N[C@@H]3CCCC[C@H]3C#N)n2)cc(C(=O)O)c1. The zero-order valence-corrected chi connectivity index (χ0v) is 15.5. The molecule has 0 saturated heterocycles. The standard InChI is InChI=1S/C20H23N5O2/c1-12-7-15(19(26)27)9-16(8-12)23-20-22-11-13(2)18(25-20)24-17-6-4-3-5-14(17)10-21/h7-9,11,14,17H,3-6H2,1-2H3,(H,26,27)(H2,22,23,24,25)/t14-,17+/m0/s1. The van der Waals surface area contributed by atoms with Crippen molar-refractivity contribution in [2.45, 2.75) is 45.6 Å². The van der Waals surface area contributed by atoms with Crippen LogP contribution in [0.3, 0.4) is 0 Å². The summed E-state index contributed by atoms with van der Waals surface area (Å²) in [4.78, 5) is 20.1. The van der Waals surface area contributed by atoms with Crippen LogP contribution in [-0.2, 0) is 0 Å². The van der Waals surface area contributed by atoms with Gasteiger partial charge in [-0.15, -0.1) is 0 Å². The molecule has 1 aliphatic carbocycles. The van der Waals surface area contributed by atoms with E-state index in [1.807, 2.05) is 19.9 Å². The van der Waals surface area contributed by atoms with Crippen molar-refractivity contribution in [1.82, 2.24) is 9.97 Å². The van der Waals surface area contributed by atoms with Gasteiger partial charge in [0.05, 0.1) is 17.6 Å². The Morgan fingerprint density at radius 2 is 2.04 bits per heavy atom. The smallest absolute Gasteiger partial charge is 0.335 e. The van der Waals surface area contributed by atoms with Gasteiger partial charge < -0.3 is 15.7 Å². The number of hydrogen-bond donors (Lipinski definition) is 3. The molecule has 1 aromatic heterocycles. The number of benzene rings is 1. The second-order valence-corrected chi connectivity index (χ2v) is 7.01. The van der Waals surface area contributed by atoms with E-state index in [-0.39, 0.29) is 17.5 Å². The van der Waals surface area contributed by atoms with Crippen molar-refractivity contribution in [1.29, 1.82) is 5.26 Å². The van der Waals surface area contributed by atoms with Gasteiger partial charge in [-0.25, -0.2) is 9.78 Å². The molecule has 140 valence electrons. The third kappa shape index (κ3) is 4.53. The molecule has 1 aliphatic rings. The van der Waals surface area contributed by atoms with Crippen LogP contribution < -0.4 is 10.6 Å². The summed E-state index contributed by atoms with van der Waals surface area (Å²) >= 11 is 0. The van der Waals surface area contributed by atoms with E-state index in [0.717, 1.165) is 36.8 Å². The van der Waals surface area contributed by atoms with E-state index in [1.54, 1.807) is 18.3 Å². The Morgan fingerprint density at radius 1 is 1.26 bits per heavy atom. The fourth-order valence-corrected chi connectivity index (χ4v) is 3.39. The molecule has 27 heavy (non-hydrogen) atoms. The lowest BCUT2D eigenvalue weighted by molar-refractivity contribution is 0.0697. The molecule has 2 aromatic rings. The molecule has 1 fully saturated rings. The van der Waals surface area contributed by atoms with Crippen LogP contribution >= 0.6 is 0 Å². The quantitative estimate of drug-likeness (QED) is 0.733. The number of aromatic nitrogens is 2. The number of nitrogens with one attached hydrogen (secondary N) is 2. The molecule has 0 amide bonds. The maximum Gasteiger partial charge on any atom is 0.335 e. The molecule has 0 unspecified atom stereocenters. The average Bonchev–Trinajstić information content (AvgIpc) is 2.64. The monoisotopic (exact) mass is 365 g/mol. The number of rotatable bonds is 5. The van der Waals surface area contributed by atoms with E-state index < -0.39 is 5.97 Å². The van der Waals surface area contributed by atoms with E-state index in [9.17, 15) is 15.2 Å². The fraction of sp³-hybridized carbons (Fsp3) is 0.400. The Kier molecular flexibility index (Phi) is 5.55. The first-order valence-electron chi connectivity index (χ1n) is 9.08. The van der Waals surface area contributed by atoms with Crippen molar-refractivity contribution in [3.63, 3.8) is 0 Å². The first-order valence-corrected chi connectivity index (χ1v) is 9.08. The van der Waals surface area contributed by atoms with E-state index >= 15 is 0 Å². The highest BCUT2D eigenvalue weighted by molar-refractivity contribution is 5.89. The molecule has 0 bridgehead atoms. The minimum atomic E-state index is -0.978. The number of anilines is 3. The first kappa shape index (κ1) is 18.6. The van der Waals surface area contributed by atoms with Gasteiger partial charge in [0.15, 0.2) is 0 Å². The summed E-state index contributed by atoms with van der Waals surface area (Å²) in [5.41, 5.74) is 2.57. The van der Waals surface area contributed by atoms with Crippen LogP contribution in [-0.4, -0.2) is 27.1 Å². The van der Waals surface area contributed by atoms with Gasteiger partial charge in [0.25, 0.3) is 0 Å². The van der Waals surface area contributed by atoms with E-state index in [2.05, 4.69) is 26.7 Å². The zero-order valence-electron chi connectivity index (χ0n) is 15.5. The van der Waals surface area contributed by atoms with Crippen LogP contribution in [0.1, 0.15) is 47.2 Å². The van der Waals surface area contributed by atoms with Gasteiger partial charge in [0.2, 0.25) is 5.95 Å². The number of aryl methyl sites for hydroxylation is 2. The third-order valence-electron chi connectivity index (χ3n) is 4.81. The Morgan fingerprint density at radius 3 is 2.78 bits per heavy atom. The van der Waals surface area contributed by atoms with Gasteiger partial charge in [0.1, 0.15) is 5.82 Å². The molecular weight excluding hydrogens is 342 g/mol. The average molecular weight is 365 g/mol. The Labute approximate surface area is 158 Å². The van der Waals surface area contributed by atoms with Crippen molar-refractivity contribution in [2.24, 2.45) is 5.92 Å². The lowest BCUT2D eigenvalue weighted by atomic mass is 9.85. The Hall–Kier alpha value is -3.14. The van der Waals surface area contributed by atoms with Gasteiger partial charge in [-0.1, -0.05) is 12.8 Å². The number of carboxylic acids is 1. The summed E-state index contributed by atoms with van der Waals surface area (Å²) in [6.45, 7) is 3.76.